The molecule has 0 nitrogen and oxygen atoms in total. The molecule has 0 aromatic heterocycles. The Morgan fingerprint density at radius 2 is 0.870 bits per heavy atom. The molecular weight excluding hydrogens is 275 g/mol. The molecule has 0 saturated carbocycles. The zero-order chi connectivity index (χ0) is 16.4. The van der Waals surface area contributed by atoms with E-state index in [-0.39, 0.29) is 0 Å². The first-order valence-corrected chi connectivity index (χ1v) is 8.26. The Morgan fingerprint density at radius 3 is 1.30 bits per heavy atom. The van der Waals surface area contributed by atoms with E-state index in [1.807, 2.05) is 0 Å². The van der Waals surface area contributed by atoms with Gasteiger partial charge in [-0.05, 0) is 27.7 Å². The number of hydrogen-bond acceptors (Lipinski definition) is 0. The third kappa shape index (κ3) is 2.96. The third-order valence-corrected chi connectivity index (χ3v) is 4.83. The van der Waals surface area contributed by atoms with Gasteiger partial charge >= 0.3 is 0 Å². The number of rotatable bonds is 3. The van der Waals surface area contributed by atoms with Crippen LogP contribution in [0.2, 0.25) is 0 Å². The van der Waals surface area contributed by atoms with Crippen LogP contribution in [0.5, 0.6) is 0 Å². The van der Waals surface area contributed by atoms with Gasteiger partial charge in [-0.3, -0.25) is 0 Å². The fourth-order valence-corrected chi connectivity index (χ4v) is 3.58. The Hall–Kier alpha value is -2.28. The highest BCUT2D eigenvalue weighted by Crippen LogP contribution is 2.08. The highest BCUT2D eigenvalue weighted by Gasteiger charge is 2.27. The molecule has 0 radical (unpaired) electrons. The van der Waals surface area contributed by atoms with E-state index in [0.717, 1.165) is 0 Å². The van der Waals surface area contributed by atoms with Crippen LogP contribution >= 0.6 is 0 Å². The van der Waals surface area contributed by atoms with Crippen LogP contribution in [0.15, 0.2) is 66.7 Å². The van der Waals surface area contributed by atoms with Gasteiger partial charge in [0.15, 0.2) is 0 Å². The summed E-state index contributed by atoms with van der Waals surface area (Å²) >= 11 is 0. The second kappa shape index (κ2) is 6.46. The van der Waals surface area contributed by atoms with Crippen molar-refractivity contribution in [1.82, 2.24) is 0 Å². The number of hydrogen-bond donors (Lipinski definition) is 0. The molecule has 114 valence electrons. The molecule has 0 amide bonds. The number of aryl methyl sites for hydroxylation is 4. The molecule has 0 fully saturated rings. The first-order valence-electron chi connectivity index (χ1n) is 8.26. The van der Waals surface area contributed by atoms with Crippen LogP contribution in [0.3, 0.4) is 0 Å². The van der Waals surface area contributed by atoms with Crippen molar-refractivity contribution >= 4 is 23.1 Å². The van der Waals surface area contributed by atoms with Crippen LogP contribution < -0.4 is 16.4 Å². The van der Waals surface area contributed by atoms with Crippen molar-refractivity contribution in [3.63, 3.8) is 0 Å². The Labute approximate surface area is 140 Å². The summed E-state index contributed by atoms with van der Waals surface area (Å²) in [4.78, 5) is 0. The summed E-state index contributed by atoms with van der Waals surface area (Å²) < 4.78 is 0. The molecule has 0 atom stereocenters. The van der Waals surface area contributed by atoms with Gasteiger partial charge in [0.2, 0.25) is 6.71 Å². The second-order valence-corrected chi connectivity index (χ2v) is 6.45. The minimum Gasteiger partial charge on any atom is -0.0667 e. The van der Waals surface area contributed by atoms with Crippen LogP contribution in [0.1, 0.15) is 22.3 Å². The summed E-state index contributed by atoms with van der Waals surface area (Å²) in [5, 5.41) is 0. The fraction of sp³-hybridized carbons (Fsp3) is 0.182. The highest BCUT2D eigenvalue weighted by molar-refractivity contribution is 6.96. The molecule has 0 spiro atoms. The molecule has 0 heterocycles. The van der Waals surface area contributed by atoms with E-state index in [2.05, 4.69) is 94.4 Å². The molecule has 23 heavy (non-hydrogen) atoms. The molecule has 0 unspecified atom stereocenters. The van der Waals surface area contributed by atoms with Crippen molar-refractivity contribution in [3.05, 3.63) is 89.0 Å². The van der Waals surface area contributed by atoms with Crippen LogP contribution in [0.25, 0.3) is 0 Å². The lowest BCUT2D eigenvalue weighted by Gasteiger charge is -2.23. The van der Waals surface area contributed by atoms with E-state index in [0.29, 0.717) is 6.71 Å². The molecule has 3 aromatic carbocycles. The maximum atomic E-state index is 2.28. The van der Waals surface area contributed by atoms with Gasteiger partial charge in [-0.1, -0.05) is 105 Å². The Bertz CT molecular complexity index is 767. The Balaban J connectivity index is 2.32. The summed E-state index contributed by atoms with van der Waals surface area (Å²) in [5.74, 6) is 0. The quantitative estimate of drug-likeness (QED) is 0.650. The van der Waals surface area contributed by atoms with E-state index < -0.39 is 0 Å². The zero-order valence-electron chi connectivity index (χ0n) is 14.4. The van der Waals surface area contributed by atoms with Gasteiger partial charge in [0.05, 0.1) is 0 Å². The smallest absolute Gasteiger partial charge is 0.0667 e. The molecule has 3 aromatic rings. The molecule has 3 rings (SSSR count). The fourth-order valence-electron chi connectivity index (χ4n) is 3.58. The van der Waals surface area contributed by atoms with Gasteiger partial charge < -0.3 is 0 Å². The summed E-state index contributed by atoms with van der Waals surface area (Å²) in [6.45, 7) is 9.18. The van der Waals surface area contributed by atoms with E-state index in [1.165, 1.54) is 38.6 Å². The third-order valence-electron chi connectivity index (χ3n) is 4.83. The van der Waals surface area contributed by atoms with Gasteiger partial charge in [0.25, 0.3) is 0 Å². The van der Waals surface area contributed by atoms with Gasteiger partial charge in [0, 0.05) is 0 Å². The average Bonchev–Trinajstić information content (AvgIpc) is 2.53. The maximum Gasteiger partial charge on any atom is 0.242 e. The van der Waals surface area contributed by atoms with Crippen LogP contribution in [0.4, 0.5) is 0 Å². The summed E-state index contributed by atoms with van der Waals surface area (Å²) in [6.07, 6.45) is 0. The van der Waals surface area contributed by atoms with E-state index >= 15 is 0 Å². The van der Waals surface area contributed by atoms with Crippen molar-refractivity contribution in [2.75, 3.05) is 0 Å². The van der Waals surface area contributed by atoms with Gasteiger partial charge in [0.1, 0.15) is 0 Å². The largest absolute Gasteiger partial charge is 0.242 e. The number of benzene rings is 3. The van der Waals surface area contributed by atoms with Crippen LogP contribution in [0, 0.1) is 27.7 Å². The lowest BCUT2D eigenvalue weighted by Crippen LogP contribution is -2.55. The lowest BCUT2D eigenvalue weighted by atomic mass is 9.34. The van der Waals surface area contributed by atoms with Gasteiger partial charge in [-0.15, -0.1) is 0 Å². The lowest BCUT2D eigenvalue weighted by molar-refractivity contribution is 1.42. The van der Waals surface area contributed by atoms with E-state index in [9.17, 15) is 0 Å². The molecule has 0 bridgehead atoms. The van der Waals surface area contributed by atoms with Crippen molar-refractivity contribution in [3.8, 4) is 0 Å². The van der Waals surface area contributed by atoms with Crippen LogP contribution in [-0.4, -0.2) is 6.71 Å². The maximum absolute atomic E-state index is 2.28. The summed E-state index contributed by atoms with van der Waals surface area (Å²) in [7, 11) is 0. The van der Waals surface area contributed by atoms with Gasteiger partial charge in [-0.25, -0.2) is 0 Å². The SMILES string of the molecule is Cc1ccccc1B(c1ccccc1C)c1c(C)cccc1C. The predicted molar refractivity (Wildman–Crippen MR) is 103 cm³/mol. The monoisotopic (exact) mass is 298 g/mol. The molecule has 0 aliphatic heterocycles. The van der Waals surface area contributed by atoms with Crippen LogP contribution in [-0.2, 0) is 0 Å². The molecule has 0 aliphatic carbocycles. The topological polar surface area (TPSA) is 0 Å². The first kappa shape index (κ1) is 15.6. The van der Waals surface area contributed by atoms with E-state index in [1.54, 1.807) is 0 Å². The van der Waals surface area contributed by atoms with Gasteiger partial charge in [-0.2, -0.15) is 0 Å². The first-order chi connectivity index (χ1) is 11.1. The van der Waals surface area contributed by atoms with Crippen molar-refractivity contribution < 1.29 is 0 Å². The standard InChI is InChI=1S/C22H23B/c1-16-10-5-7-14-20(16)23(21-15-8-6-11-17(21)2)22-18(3)12-9-13-19(22)4/h5-15H,1-4H3. The minimum absolute atomic E-state index is 0.290. The minimum atomic E-state index is 0.290. The van der Waals surface area contributed by atoms with Crippen molar-refractivity contribution in [2.45, 2.75) is 27.7 Å². The molecule has 1 heteroatoms. The van der Waals surface area contributed by atoms with Crippen molar-refractivity contribution in [2.24, 2.45) is 0 Å². The highest BCUT2D eigenvalue weighted by atomic mass is 14.1. The second-order valence-electron chi connectivity index (χ2n) is 6.45. The molecule has 0 N–H and O–H groups in total. The average molecular weight is 298 g/mol. The van der Waals surface area contributed by atoms with Crippen molar-refractivity contribution in [1.29, 1.82) is 0 Å². The Morgan fingerprint density at radius 1 is 0.478 bits per heavy atom. The molecule has 0 saturated heterocycles. The summed E-state index contributed by atoms with van der Waals surface area (Å²) in [6, 6.07) is 24.1. The predicted octanol–water partition coefficient (Wildman–Crippen LogP) is 3.44. The molecular formula is C22H23B. The Kier molecular flexibility index (Phi) is 4.38. The normalized spacial score (nSPS) is 10.6. The van der Waals surface area contributed by atoms with E-state index in [4.69, 9.17) is 0 Å². The zero-order valence-corrected chi connectivity index (χ0v) is 14.4. The molecule has 0 aliphatic rings. The summed E-state index contributed by atoms with van der Waals surface area (Å²) in [5.41, 5.74) is 9.67.